The lowest BCUT2D eigenvalue weighted by Crippen LogP contribution is -2.61. The van der Waals surface area contributed by atoms with Crippen molar-refractivity contribution in [1.29, 1.82) is 0 Å². The van der Waals surface area contributed by atoms with Crippen molar-refractivity contribution in [2.75, 3.05) is 26.0 Å². The summed E-state index contributed by atoms with van der Waals surface area (Å²) in [6, 6.07) is 2.46. The first-order valence-electron chi connectivity index (χ1n) is 22.7. The standard InChI is InChI=1S/C46H67FIN7O11S/c1-12-34(56)53-35-23(2)18-44(7)38(65-41-36(57)32(55(10)11)17-24(3)64-41)26(5)37(58)45(8,47)43(60)66-42(48)46(9,61)31(25(35)4)16-15-30(20-62-44)54-63-21-29-14-13-28(19-50-29)40-52-33(22-67-40)51-39(59)27(6)49/h13-14,19,22-27,31-32,36,38,41-42,57,61H,12,15-18,20-21,49H2,1-11H3,(H,51,59)/b53-35?,54-30+/t23-,24-,25-,26+,27+,31-,32+,36-,38-,41+,42+,44-,45+,46+/m1/s1. The van der Waals surface area contributed by atoms with Gasteiger partial charge in [-0.2, -0.15) is 0 Å². The van der Waals surface area contributed by atoms with Crippen molar-refractivity contribution in [3.05, 3.63) is 29.4 Å². The molecule has 18 nitrogen and oxygen atoms in total. The molecule has 2 aromatic rings. The second kappa shape index (κ2) is 22.6. The quantitative estimate of drug-likeness (QED) is 0.0765. The maximum absolute atomic E-state index is 16.9. The zero-order chi connectivity index (χ0) is 49.8. The van der Waals surface area contributed by atoms with Gasteiger partial charge in [-0.15, -0.1) is 11.3 Å². The van der Waals surface area contributed by atoms with Crippen molar-refractivity contribution in [1.82, 2.24) is 14.9 Å². The number of fused-ring (bicyclic) bond motifs is 5. The molecule has 372 valence electrons. The Kier molecular flexibility index (Phi) is 18.4. The van der Waals surface area contributed by atoms with Crippen LogP contribution in [-0.4, -0.2) is 138 Å². The number of aliphatic imine (C=N–C) groups is 1. The SMILES string of the molecule is CCC(=O)N=C1[C@H](C)C[C@@]2(C)OC/C(=N/OCc3ccc(-c4nc(NC(=O)[C@H](C)N)cs4)cn3)CC[C@H]([C@H]1C)[C@](C)(O)[C@@H](I)OC(=O)[C@@](C)(F)C(=O)[C@H](C)[C@H]2O[C@@H]1O[C@H](C)C[C@H](N(C)C)[C@H]1O. The van der Waals surface area contributed by atoms with Gasteiger partial charge in [-0.25, -0.2) is 19.2 Å². The van der Waals surface area contributed by atoms with Crippen LogP contribution >= 0.6 is 33.9 Å². The molecule has 3 fully saturated rings. The number of carbonyl (C=O) groups excluding carboxylic acids is 4. The molecule has 5 N–H and O–H groups in total. The molecule has 0 saturated carbocycles. The number of alkyl halides is 2. The van der Waals surface area contributed by atoms with Crippen LogP contribution in [0.5, 0.6) is 0 Å². The molecule has 0 aliphatic carbocycles. The van der Waals surface area contributed by atoms with E-state index < -0.39 is 99.0 Å². The van der Waals surface area contributed by atoms with Gasteiger partial charge < -0.3 is 49.9 Å². The molecule has 0 spiro atoms. The van der Waals surface area contributed by atoms with Crippen molar-refractivity contribution in [3.8, 4) is 10.6 Å². The lowest BCUT2D eigenvalue weighted by Gasteiger charge is -2.47. The fraction of sp³-hybridized carbons (Fsp3) is 0.696. The smallest absolute Gasteiger partial charge is 0.352 e. The molecule has 3 aliphatic rings. The molecular formula is C46H67FIN7O11S. The minimum atomic E-state index is -3.21. The van der Waals surface area contributed by atoms with E-state index in [1.807, 2.05) is 45.8 Å². The number of hydrogen-bond acceptors (Lipinski definition) is 17. The van der Waals surface area contributed by atoms with Crippen LogP contribution in [0, 0.1) is 23.7 Å². The maximum atomic E-state index is 16.9. The Morgan fingerprint density at radius 2 is 1.87 bits per heavy atom. The summed E-state index contributed by atoms with van der Waals surface area (Å²) < 4.78 is 41.0. The van der Waals surface area contributed by atoms with Crippen LogP contribution in [-0.2, 0) is 49.6 Å². The number of aliphatic hydroxyl groups excluding tert-OH is 1. The number of anilines is 1. The molecule has 3 aliphatic heterocycles. The number of thiazole rings is 1. The number of aromatic nitrogens is 2. The molecule has 5 heterocycles. The number of ether oxygens (including phenoxy) is 4. The van der Waals surface area contributed by atoms with E-state index in [4.69, 9.17) is 29.5 Å². The number of nitrogens with one attached hydrogen (secondary N) is 1. The Bertz CT molecular complexity index is 2140. The zero-order valence-corrected chi connectivity index (χ0v) is 43.1. The molecule has 0 unspecified atom stereocenters. The number of pyridine rings is 1. The number of cyclic esters (lactones) is 1. The number of halogens is 2. The first-order valence-corrected chi connectivity index (χ1v) is 24.8. The lowest BCUT2D eigenvalue weighted by molar-refractivity contribution is -0.296. The monoisotopic (exact) mass is 1070 g/mol. The van der Waals surface area contributed by atoms with Crippen molar-refractivity contribution in [3.63, 3.8) is 0 Å². The number of hydrogen-bond donors (Lipinski definition) is 4. The summed E-state index contributed by atoms with van der Waals surface area (Å²) >= 11 is 3.06. The highest BCUT2D eigenvalue weighted by atomic mass is 127. The van der Waals surface area contributed by atoms with Gasteiger partial charge in [-0.05, 0) is 121 Å². The topological polar surface area (TPSA) is 247 Å². The summed E-state index contributed by atoms with van der Waals surface area (Å²) in [5.41, 5.74) is 1.09. The summed E-state index contributed by atoms with van der Waals surface area (Å²) in [6.07, 6.45) is -1.74. The van der Waals surface area contributed by atoms with Crippen LogP contribution in [0.2, 0.25) is 0 Å². The van der Waals surface area contributed by atoms with E-state index in [9.17, 15) is 29.4 Å². The molecule has 21 heteroatoms. The van der Waals surface area contributed by atoms with Crippen LogP contribution < -0.4 is 11.1 Å². The van der Waals surface area contributed by atoms with Gasteiger partial charge in [0.2, 0.25) is 11.8 Å². The number of nitrogens with two attached hydrogens (primary N) is 1. The van der Waals surface area contributed by atoms with Crippen LogP contribution in [0.25, 0.3) is 10.6 Å². The fourth-order valence-electron chi connectivity index (χ4n) is 9.10. The highest BCUT2D eigenvalue weighted by molar-refractivity contribution is 14.1. The third-order valence-electron chi connectivity index (χ3n) is 13.1. The molecule has 2 amide bonds. The van der Waals surface area contributed by atoms with Crippen molar-refractivity contribution in [2.24, 2.45) is 39.6 Å². The molecule has 2 bridgehead atoms. The summed E-state index contributed by atoms with van der Waals surface area (Å²) in [5, 5.41) is 33.7. The summed E-state index contributed by atoms with van der Waals surface area (Å²) in [7, 11) is 3.63. The zero-order valence-electron chi connectivity index (χ0n) is 40.2. The summed E-state index contributed by atoms with van der Waals surface area (Å²) in [5.74, 6) is -6.49. The van der Waals surface area contributed by atoms with Gasteiger partial charge in [0, 0.05) is 47.2 Å². The Morgan fingerprint density at radius 3 is 2.49 bits per heavy atom. The molecule has 3 saturated heterocycles. The van der Waals surface area contributed by atoms with Gasteiger partial charge >= 0.3 is 5.97 Å². The lowest BCUT2D eigenvalue weighted by atomic mass is 9.70. The minimum Gasteiger partial charge on any atom is -0.446 e. The van der Waals surface area contributed by atoms with Gasteiger partial charge in [0.1, 0.15) is 22.5 Å². The minimum absolute atomic E-state index is 0.0322. The number of nitrogens with zero attached hydrogens (tertiary/aromatic N) is 5. The van der Waals surface area contributed by atoms with Gasteiger partial charge in [0.25, 0.3) is 5.67 Å². The summed E-state index contributed by atoms with van der Waals surface area (Å²) in [4.78, 5) is 74.9. The number of likely N-dealkylation sites (N-methyl/N-ethyl adjacent to an activating group) is 1. The van der Waals surface area contributed by atoms with Crippen molar-refractivity contribution < 1.29 is 57.6 Å². The van der Waals surface area contributed by atoms with Gasteiger partial charge in [0.05, 0.1) is 41.9 Å². The Morgan fingerprint density at radius 1 is 1.16 bits per heavy atom. The number of aliphatic hydroxyl groups is 2. The maximum Gasteiger partial charge on any atom is 0.352 e. The highest BCUT2D eigenvalue weighted by Crippen LogP contribution is 2.44. The van der Waals surface area contributed by atoms with E-state index in [2.05, 4.69) is 25.4 Å². The normalized spacial score (nSPS) is 36.4. The van der Waals surface area contributed by atoms with Gasteiger partial charge in [0.15, 0.2) is 22.8 Å². The number of carbonyl (C=O) groups is 4. The molecule has 67 heavy (non-hydrogen) atoms. The van der Waals surface area contributed by atoms with E-state index >= 15 is 4.39 Å². The summed E-state index contributed by atoms with van der Waals surface area (Å²) in [6.45, 7) is 14.0. The van der Waals surface area contributed by atoms with Gasteiger partial charge in [-0.1, -0.05) is 32.9 Å². The Balaban J connectivity index is 1.59. The highest BCUT2D eigenvalue weighted by Gasteiger charge is 2.56. The predicted molar refractivity (Wildman–Crippen MR) is 258 cm³/mol. The molecule has 2 aromatic heterocycles. The number of ketones is 1. The van der Waals surface area contributed by atoms with Crippen LogP contribution in [0.3, 0.4) is 0 Å². The van der Waals surface area contributed by atoms with E-state index in [0.717, 1.165) is 6.92 Å². The van der Waals surface area contributed by atoms with Crippen molar-refractivity contribution >= 4 is 74.7 Å². The molecule has 0 radical (unpaired) electrons. The Hall–Kier alpha value is -3.42. The van der Waals surface area contributed by atoms with E-state index in [0.29, 0.717) is 39.9 Å². The number of amides is 2. The van der Waals surface area contributed by atoms with E-state index in [1.165, 1.54) is 25.2 Å². The largest absolute Gasteiger partial charge is 0.446 e. The number of rotatable bonds is 10. The molecule has 0 aromatic carbocycles. The average molecular weight is 1070 g/mol. The molecule has 14 atom stereocenters. The Labute approximate surface area is 409 Å². The van der Waals surface area contributed by atoms with E-state index in [-0.39, 0.29) is 44.8 Å². The fourth-order valence-corrected chi connectivity index (χ4v) is 10.5. The number of oxime groups is 1. The van der Waals surface area contributed by atoms with Gasteiger partial charge in [-0.3, -0.25) is 19.4 Å². The first kappa shape index (κ1) is 54.5. The third-order valence-corrected chi connectivity index (χ3v) is 15.5. The number of Topliss-reactive ketones (excluding diaryl/α,β-unsaturated/α-hetero) is 1. The number of esters is 1. The van der Waals surface area contributed by atoms with E-state index in [1.54, 1.807) is 61.0 Å². The molecular weight excluding hydrogens is 1000 g/mol. The predicted octanol–water partition coefficient (Wildman–Crippen LogP) is 5.40. The first-order chi connectivity index (χ1) is 31.3. The second-order valence-electron chi connectivity index (χ2n) is 18.9. The second-order valence-corrected chi connectivity index (χ2v) is 20.9. The molecule has 5 rings (SSSR count). The van der Waals surface area contributed by atoms with Crippen LogP contribution in [0.15, 0.2) is 33.9 Å². The van der Waals surface area contributed by atoms with Crippen LogP contribution in [0.1, 0.15) is 100 Å². The third kappa shape index (κ3) is 12.9. The van der Waals surface area contributed by atoms with Crippen molar-refractivity contribution in [2.45, 2.75) is 159 Å². The average Bonchev–Trinajstić information content (AvgIpc) is 3.73. The van der Waals surface area contributed by atoms with Crippen LogP contribution in [0.4, 0.5) is 10.2 Å².